The van der Waals surface area contributed by atoms with Gasteiger partial charge in [-0.2, -0.15) is 0 Å². The Balaban J connectivity index is 2.33. The normalized spacial score (nSPS) is 38.7. The number of phenols is 1. The van der Waals surface area contributed by atoms with Gasteiger partial charge in [0, 0.05) is 22.8 Å². The first-order valence-corrected chi connectivity index (χ1v) is 6.57. The second kappa shape index (κ2) is 3.25. The highest BCUT2D eigenvalue weighted by Gasteiger charge is 2.70. The summed E-state index contributed by atoms with van der Waals surface area (Å²) in [5, 5.41) is 31.1. The average molecular weight is 264 g/mol. The van der Waals surface area contributed by atoms with Crippen LogP contribution in [0, 0.1) is 12.3 Å². The zero-order chi connectivity index (χ0) is 14.2. The summed E-state index contributed by atoms with van der Waals surface area (Å²) in [5.41, 5.74) is 0.157. The van der Waals surface area contributed by atoms with Crippen molar-refractivity contribution in [1.82, 2.24) is 0 Å². The highest BCUT2D eigenvalue weighted by atomic mass is 16.6. The van der Waals surface area contributed by atoms with Crippen molar-refractivity contribution in [2.24, 2.45) is 5.41 Å². The summed E-state index contributed by atoms with van der Waals surface area (Å²) in [4.78, 5) is 0. The van der Waals surface area contributed by atoms with Gasteiger partial charge in [0.25, 0.3) is 0 Å². The highest BCUT2D eigenvalue weighted by molar-refractivity contribution is 5.53. The third-order valence-corrected chi connectivity index (χ3v) is 5.55. The molecule has 0 saturated heterocycles. The summed E-state index contributed by atoms with van der Waals surface area (Å²) in [6.45, 7) is 7.49. The molecule has 1 fully saturated rings. The number of rotatable bonds is 0. The topological polar surface area (TPSA) is 69.9 Å². The molecule has 104 valence electrons. The molecule has 0 spiro atoms. The monoisotopic (exact) mass is 264 g/mol. The lowest BCUT2D eigenvalue weighted by Gasteiger charge is -2.50. The number of phenolic OH excluding ortho intramolecular Hbond substituents is 1. The second-order valence-corrected chi connectivity index (χ2v) is 6.57. The van der Waals surface area contributed by atoms with Crippen LogP contribution in [-0.2, 0) is 5.41 Å². The number of hydrogen-bond donors (Lipinski definition) is 3. The van der Waals surface area contributed by atoms with Crippen LogP contribution < -0.4 is 4.74 Å². The van der Waals surface area contributed by atoms with Gasteiger partial charge in [0.15, 0.2) is 0 Å². The third kappa shape index (κ3) is 1.21. The van der Waals surface area contributed by atoms with E-state index in [1.807, 2.05) is 20.8 Å². The van der Waals surface area contributed by atoms with Crippen molar-refractivity contribution in [1.29, 1.82) is 0 Å². The predicted molar refractivity (Wildman–Crippen MR) is 70.2 cm³/mol. The number of aliphatic hydroxyl groups is 2. The summed E-state index contributed by atoms with van der Waals surface area (Å²) in [6, 6.07) is 3.38. The van der Waals surface area contributed by atoms with Crippen molar-refractivity contribution in [3.63, 3.8) is 0 Å². The molecule has 3 N–H and O–H groups in total. The number of benzene rings is 1. The van der Waals surface area contributed by atoms with E-state index in [1.165, 1.54) is 0 Å². The minimum absolute atomic E-state index is 0.172. The minimum Gasteiger partial charge on any atom is -0.508 e. The molecule has 3 rings (SSSR count). The molecule has 0 aromatic heterocycles. The molecule has 4 heteroatoms. The van der Waals surface area contributed by atoms with Gasteiger partial charge in [0.2, 0.25) is 5.79 Å². The molecular formula is C15H20O4. The van der Waals surface area contributed by atoms with Gasteiger partial charge in [-0.05, 0) is 24.6 Å². The van der Waals surface area contributed by atoms with Crippen LogP contribution in [-0.4, -0.2) is 27.2 Å². The Morgan fingerprint density at radius 3 is 2.53 bits per heavy atom. The number of ether oxygens (including phenoxy) is 1. The van der Waals surface area contributed by atoms with Gasteiger partial charge < -0.3 is 20.1 Å². The largest absolute Gasteiger partial charge is 0.508 e. The number of aliphatic hydroxyl groups excluding tert-OH is 1. The lowest BCUT2D eigenvalue weighted by Crippen LogP contribution is -2.56. The number of aromatic hydroxyl groups is 1. The SMILES string of the molecule is Cc1cc2c(cc1O)[C@@]1(C)[C@H](O)C[C@@](O)(O2)C1(C)C. The van der Waals surface area contributed by atoms with Gasteiger partial charge in [0.1, 0.15) is 11.5 Å². The molecule has 1 aliphatic carbocycles. The van der Waals surface area contributed by atoms with Crippen LogP contribution >= 0.6 is 0 Å². The molecule has 3 atom stereocenters. The van der Waals surface area contributed by atoms with E-state index in [0.29, 0.717) is 11.3 Å². The van der Waals surface area contributed by atoms with Crippen LogP contribution in [0.15, 0.2) is 12.1 Å². The summed E-state index contributed by atoms with van der Waals surface area (Å²) >= 11 is 0. The van der Waals surface area contributed by atoms with E-state index in [0.717, 1.165) is 5.56 Å². The molecule has 19 heavy (non-hydrogen) atoms. The number of hydrogen-bond acceptors (Lipinski definition) is 4. The second-order valence-electron chi connectivity index (χ2n) is 6.57. The van der Waals surface area contributed by atoms with E-state index in [1.54, 1.807) is 19.1 Å². The van der Waals surface area contributed by atoms with Gasteiger partial charge in [-0.15, -0.1) is 0 Å². The van der Waals surface area contributed by atoms with Crippen LogP contribution in [0.1, 0.15) is 38.3 Å². The first kappa shape index (κ1) is 12.8. The molecule has 2 bridgehead atoms. The van der Waals surface area contributed by atoms with Crippen LogP contribution in [0.4, 0.5) is 0 Å². The predicted octanol–water partition coefficient (Wildman–Crippen LogP) is 1.83. The molecular weight excluding hydrogens is 244 g/mol. The van der Waals surface area contributed by atoms with Gasteiger partial charge in [0.05, 0.1) is 6.10 Å². The lowest BCUT2D eigenvalue weighted by molar-refractivity contribution is -0.215. The van der Waals surface area contributed by atoms with Crippen molar-refractivity contribution in [2.45, 2.75) is 51.4 Å². The Labute approximate surface area is 112 Å². The third-order valence-electron chi connectivity index (χ3n) is 5.55. The summed E-state index contributed by atoms with van der Waals surface area (Å²) in [5.74, 6) is -0.641. The van der Waals surface area contributed by atoms with Crippen LogP contribution in [0.5, 0.6) is 11.5 Å². The Morgan fingerprint density at radius 1 is 1.26 bits per heavy atom. The van der Waals surface area contributed by atoms with E-state index < -0.39 is 22.7 Å². The fourth-order valence-electron chi connectivity index (χ4n) is 3.57. The molecule has 4 nitrogen and oxygen atoms in total. The molecule has 1 heterocycles. The quantitative estimate of drug-likeness (QED) is 0.668. The zero-order valence-electron chi connectivity index (χ0n) is 11.7. The molecule has 1 aromatic carbocycles. The fraction of sp³-hybridized carbons (Fsp3) is 0.600. The number of aryl methyl sites for hydroxylation is 1. The highest BCUT2D eigenvalue weighted by Crippen LogP contribution is 2.64. The first-order chi connectivity index (χ1) is 8.63. The Kier molecular flexibility index (Phi) is 2.18. The van der Waals surface area contributed by atoms with Crippen molar-refractivity contribution in [2.75, 3.05) is 0 Å². The molecule has 1 aromatic rings. The molecule has 1 saturated carbocycles. The van der Waals surface area contributed by atoms with Gasteiger partial charge in [-0.25, -0.2) is 0 Å². The van der Waals surface area contributed by atoms with E-state index in [4.69, 9.17) is 4.74 Å². The van der Waals surface area contributed by atoms with Gasteiger partial charge in [-0.1, -0.05) is 20.8 Å². The average Bonchev–Trinajstić information content (AvgIpc) is 2.38. The maximum absolute atomic E-state index is 10.7. The van der Waals surface area contributed by atoms with E-state index >= 15 is 0 Å². The maximum Gasteiger partial charge on any atom is 0.216 e. The lowest BCUT2D eigenvalue weighted by atomic mass is 9.61. The van der Waals surface area contributed by atoms with E-state index in [2.05, 4.69) is 0 Å². The van der Waals surface area contributed by atoms with E-state index in [-0.39, 0.29) is 12.2 Å². The standard InChI is InChI=1S/C15H20O4/c1-8-5-11-9(6-10(8)16)14(4)12(17)7-15(18,19-11)13(14,2)3/h5-6,12,16-18H,7H2,1-4H3/t12-,14+,15-/m1/s1. The molecule has 0 unspecified atom stereocenters. The Morgan fingerprint density at radius 2 is 1.89 bits per heavy atom. The summed E-state index contributed by atoms with van der Waals surface area (Å²) in [6.07, 6.45) is -0.541. The van der Waals surface area contributed by atoms with Crippen molar-refractivity contribution in [3.05, 3.63) is 23.3 Å². The van der Waals surface area contributed by atoms with Crippen molar-refractivity contribution < 1.29 is 20.1 Å². The van der Waals surface area contributed by atoms with Crippen LogP contribution in [0.25, 0.3) is 0 Å². The first-order valence-electron chi connectivity index (χ1n) is 6.57. The van der Waals surface area contributed by atoms with E-state index in [9.17, 15) is 15.3 Å². The van der Waals surface area contributed by atoms with Crippen molar-refractivity contribution in [3.8, 4) is 11.5 Å². The van der Waals surface area contributed by atoms with Gasteiger partial charge >= 0.3 is 0 Å². The zero-order valence-corrected chi connectivity index (χ0v) is 11.7. The molecule has 0 amide bonds. The van der Waals surface area contributed by atoms with Crippen molar-refractivity contribution >= 4 is 0 Å². The van der Waals surface area contributed by atoms with Crippen LogP contribution in [0.3, 0.4) is 0 Å². The smallest absolute Gasteiger partial charge is 0.216 e. The van der Waals surface area contributed by atoms with Gasteiger partial charge in [-0.3, -0.25) is 0 Å². The molecule has 0 radical (unpaired) electrons. The molecule has 1 aliphatic heterocycles. The summed E-state index contributed by atoms with van der Waals surface area (Å²) < 4.78 is 5.78. The molecule has 2 aliphatic rings. The fourth-order valence-corrected chi connectivity index (χ4v) is 3.57. The Bertz CT molecular complexity index is 566. The maximum atomic E-state index is 10.7. The summed E-state index contributed by atoms with van der Waals surface area (Å²) in [7, 11) is 0. The van der Waals surface area contributed by atoms with Crippen LogP contribution in [0.2, 0.25) is 0 Å². The Hall–Kier alpha value is -1.26. The number of fused-ring (bicyclic) bond motifs is 4. The minimum atomic E-state index is -1.38.